The van der Waals surface area contributed by atoms with E-state index in [0.29, 0.717) is 6.42 Å². The largest absolute Gasteiger partial charge is 0.383 e. The highest BCUT2D eigenvalue weighted by molar-refractivity contribution is 7.89. The number of ether oxygens (including phenoxy) is 1. The monoisotopic (exact) mass is 336 g/mol. The molecule has 1 N–H and O–H groups in total. The Morgan fingerprint density at radius 2 is 2.14 bits per heavy atom. The van der Waals surface area contributed by atoms with Gasteiger partial charge in [-0.1, -0.05) is 24.9 Å². The molecule has 1 atom stereocenters. The molecule has 1 unspecified atom stereocenters. The average molecular weight is 337 g/mol. The predicted molar refractivity (Wildman–Crippen MR) is 79.0 cm³/mol. The van der Waals surface area contributed by atoms with Gasteiger partial charge in [-0.3, -0.25) is 10.1 Å². The summed E-state index contributed by atoms with van der Waals surface area (Å²) in [6.07, 6.45) is 1.38. The zero-order valence-electron chi connectivity index (χ0n) is 11.7. The Balaban J connectivity index is 3.07. The molecule has 0 fully saturated rings. The van der Waals surface area contributed by atoms with Crippen LogP contribution >= 0.6 is 11.6 Å². The minimum Gasteiger partial charge on any atom is -0.383 e. The molecule has 0 aliphatic carbocycles. The van der Waals surface area contributed by atoms with Gasteiger partial charge in [0.2, 0.25) is 10.0 Å². The summed E-state index contributed by atoms with van der Waals surface area (Å²) in [6, 6.07) is 2.98. The van der Waals surface area contributed by atoms with Gasteiger partial charge in [0.25, 0.3) is 5.69 Å². The molecule has 7 nitrogen and oxygen atoms in total. The van der Waals surface area contributed by atoms with E-state index in [9.17, 15) is 18.5 Å². The average Bonchev–Trinajstić information content (AvgIpc) is 2.38. The molecule has 0 saturated heterocycles. The molecule has 0 spiro atoms. The maximum atomic E-state index is 12.2. The van der Waals surface area contributed by atoms with Crippen molar-refractivity contribution in [2.45, 2.75) is 30.7 Å². The first-order valence-electron chi connectivity index (χ1n) is 6.27. The van der Waals surface area contributed by atoms with E-state index in [4.69, 9.17) is 16.3 Å². The van der Waals surface area contributed by atoms with Crippen molar-refractivity contribution in [2.75, 3.05) is 13.7 Å². The van der Waals surface area contributed by atoms with Crippen molar-refractivity contribution in [3.63, 3.8) is 0 Å². The second-order valence-electron chi connectivity index (χ2n) is 4.43. The van der Waals surface area contributed by atoms with Crippen LogP contribution < -0.4 is 4.72 Å². The Labute approximate surface area is 128 Å². The third kappa shape index (κ3) is 4.92. The van der Waals surface area contributed by atoms with Gasteiger partial charge in [-0.05, 0) is 18.6 Å². The number of methoxy groups -OCH3 is 1. The molecule has 0 amide bonds. The van der Waals surface area contributed by atoms with Gasteiger partial charge in [-0.15, -0.1) is 0 Å². The zero-order valence-corrected chi connectivity index (χ0v) is 13.3. The predicted octanol–water partition coefficient (Wildman–Crippen LogP) is 2.34. The minimum absolute atomic E-state index is 0.110. The lowest BCUT2D eigenvalue weighted by Crippen LogP contribution is -2.37. The fraction of sp³-hybridized carbons (Fsp3) is 0.500. The first kappa shape index (κ1) is 17.8. The zero-order chi connectivity index (χ0) is 16.0. The van der Waals surface area contributed by atoms with Crippen LogP contribution in [0, 0.1) is 10.1 Å². The lowest BCUT2D eigenvalue weighted by molar-refractivity contribution is -0.384. The van der Waals surface area contributed by atoms with E-state index >= 15 is 0 Å². The van der Waals surface area contributed by atoms with Gasteiger partial charge in [0.15, 0.2) is 0 Å². The third-order valence-electron chi connectivity index (χ3n) is 2.75. The second kappa shape index (κ2) is 7.69. The second-order valence-corrected chi connectivity index (χ2v) is 6.55. The first-order valence-corrected chi connectivity index (χ1v) is 8.13. The number of halogens is 1. The summed E-state index contributed by atoms with van der Waals surface area (Å²) < 4.78 is 31.9. The molecule has 118 valence electrons. The SMILES string of the molecule is CCCC(COC)NS(=O)(=O)c1ccc(Cl)c([N+](=O)[O-])c1. The molecule has 0 aliphatic rings. The number of nitro groups is 1. The van der Waals surface area contributed by atoms with Crippen LogP contribution in [0.3, 0.4) is 0 Å². The Hall–Kier alpha value is -1.22. The van der Waals surface area contributed by atoms with Crippen LogP contribution in [0.5, 0.6) is 0 Å². The molecule has 1 rings (SSSR count). The van der Waals surface area contributed by atoms with Crippen LogP contribution in [-0.2, 0) is 14.8 Å². The van der Waals surface area contributed by atoms with Crippen LogP contribution in [0.4, 0.5) is 5.69 Å². The van der Waals surface area contributed by atoms with E-state index in [1.165, 1.54) is 19.2 Å². The number of nitro benzene ring substituents is 1. The Kier molecular flexibility index (Phi) is 6.53. The number of hydrogen-bond donors (Lipinski definition) is 1. The standard InChI is InChI=1S/C12H17ClN2O5S/c1-3-4-9(8-20-2)14-21(18,19)10-5-6-11(13)12(7-10)15(16)17/h5-7,9,14H,3-4,8H2,1-2H3. The Morgan fingerprint density at radius 1 is 1.48 bits per heavy atom. The minimum atomic E-state index is -3.87. The van der Waals surface area contributed by atoms with Crippen molar-refractivity contribution in [1.29, 1.82) is 0 Å². The van der Waals surface area contributed by atoms with E-state index in [2.05, 4.69) is 4.72 Å². The Morgan fingerprint density at radius 3 is 2.67 bits per heavy atom. The summed E-state index contributed by atoms with van der Waals surface area (Å²) in [4.78, 5) is 9.89. The molecule has 1 aromatic rings. The van der Waals surface area contributed by atoms with Gasteiger partial charge in [-0.25, -0.2) is 13.1 Å². The Bertz CT molecular complexity index is 600. The highest BCUT2D eigenvalue weighted by Crippen LogP contribution is 2.27. The topological polar surface area (TPSA) is 98.5 Å². The molecule has 21 heavy (non-hydrogen) atoms. The van der Waals surface area contributed by atoms with E-state index in [0.717, 1.165) is 12.5 Å². The summed E-state index contributed by atoms with van der Waals surface area (Å²) in [5, 5.41) is 10.7. The molecule has 1 aromatic carbocycles. The molecule has 0 radical (unpaired) electrons. The lowest BCUT2D eigenvalue weighted by atomic mass is 10.2. The molecule has 9 heteroatoms. The molecule has 0 saturated carbocycles. The van der Waals surface area contributed by atoms with Crippen LogP contribution in [0.1, 0.15) is 19.8 Å². The van der Waals surface area contributed by atoms with Crippen LogP contribution in [0.15, 0.2) is 23.1 Å². The normalized spacial score (nSPS) is 13.1. The molecule has 0 bridgehead atoms. The van der Waals surface area contributed by atoms with Gasteiger partial charge in [0.1, 0.15) is 5.02 Å². The number of rotatable bonds is 8. The van der Waals surface area contributed by atoms with Gasteiger partial charge < -0.3 is 4.74 Å². The van der Waals surface area contributed by atoms with Crippen LogP contribution in [0.2, 0.25) is 5.02 Å². The van der Waals surface area contributed by atoms with Crippen LogP contribution in [0.25, 0.3) is 0 Å². The molecule has 0 aliphatic heterocycles. The molecule has 0 aromatic heterocycles. The van der Waals surface area contributed by atoms with Gasteiger partial charge in [0.05, 0.1) is 16.4 Å². The first-order chi connectivity index (χ1) is 9.81. The third-order valence-corrected chi connectivity index (χ3v) is 4.59. The van der Waals surface area contributed by atoms with E-state index in [-0.39, 0.29) is 22.6 Å². The van der Waals surface area contributed by atoms with E-state index in [1.807, 2.05) is 6.92 Å². The number of nitrogens with zero attached hydrogens (tertiary/aromatic N) is 1. The number of nitrogens with one attached hydrogen (secondary N) is 1. The number of hydrogen-bond acceptors (Lipinski definition) is 5. The maximum absolute atomic E-state index is 12.2. The van der Waals surface area contributed by atoms with Crippen molar-refractivity contribution in [2.24, 2.45) is 0 Å². The van der Waals surface area contributed by atoms with Crippen molar-refractivity contribution in [1.82, 2.24) is 4.72 Å². The number of benzene rings is 1. The highest BCUT2D eigenvalue weighted by atomic mass is 35.5. The quantitative estimate of drug-likeness (QED) is 0.580. The van der Waals surface area contributed by atoms with E-state index in [1.54, 1.807) is 0 Å². The highest BCUT2D eigenvalue weighted by Gasteiger charge is 2.23. The fourth-order valence-electron chi connectivity index (χ4n) is 1.81. The summed E-state index contributed by atoms with van der Waals surface area (Å²) in [6.45, 7) is 2.15. The summed E-state index contributed by atoms with van der Waals surface area (Å²) in [5.41, 5.74) is -0.446. The maximum Gasteiger partial charge on any atom is 0.289 e. The van der Waals surface area contributed by atoms with Crippen molar-refractivity contribution >= 4 is 27.3 Å². The van der Waals surface area contributed by atoms with Crippen molar-refractivity contribution in [3.8, 4) is 0 Å². The van der Waals surface area contributed by atoms with Crippen LogP contribution in [-0.4, -0.2) is 33.1 Å². The fourth-order valence-corrected chi connectivity index (χ4v) is 3.27. The summed E-state index contributed by atoms with van der Waals surface area (Å²) in [5.74, 6) is 0. The number of sulfonamides is 1. The summed E-state index contributed by atoms with van der Waals surface area (Å²) >= 11 is 5.67. The summed E-state index contributed by atoms with van der Waals surface area (Å²) in [7, 11) is -2.39. The lowest BCUT2D eigenvalue weighted by Gasteiger charge is -2.17. The molecule has 0 heterocycles. The van der Waals surface area contributed by atoms with E-state index < -0.39 is 20.6 Å². The van der Waals surface area contributed by atoms with Crippen molar-refractivity contribution in [3.05, 3.63) is 33.3 Å². The van der Waals surface area contributed by atoms with Crippen molar-refractivity contribution < 1.29 is 18.1 Å². The smallest absolute Gasteiger partial charge is 0.289 e. The van der Waals surface area contributed by atoms with Gasteiger partial charge in [-0.2, -0.15) is 0 Å². The molecular weight excluding hydrogens is 320 g/mol. The van der Waals surface area contributed by atoms with Gasteiger partial charge >= 0.3 is 0 Å². The molecular formula is C12H17ClN2O5S. The van der Waals surface area contributed by atoms with Gasteiger partial charge in [0, 0.05) is 19.2 Å².